The molecule has 0 amide bonds. The second-order valence-electron chi connectivity index (χ2n) is 6.20. The molecule has 1 heterocycles. The first-order valence-electron chi connectivity index (χ1n) is 8.14. The zero-order valence-electron chi connectivity index (χ0n) is 13.2. The van der Waals surface area contributed by atoms with Crippen LogP contribution in [0.25, 0.3) is 0 Å². The molecular weight excluding hydrogens is 316 g/mol. The van der Waals surface area contributed by atoms with Gasteiger partial charge in [0.05, 0.1) is 24.2 Å². The molecule has 2 aliphatic rings. The van der Waals surface area contributed by atoms with Gasteiger partial charge in [-0.3, -0.25) is 4.90 Å². The first-order chi connectivity index (χ1) is 11.0. The summed E-state index contributed by atoms with van der Waals surface area (Å²) < 4.78 is 32.5. The lowest BCUT2D eigenvalue weighted by atomic mass is 10.1. The van der Waals surface area contributed by atoms with Crippen molar-refractivity contribution in [3.05, 3.63) is 29.3 Å². The number of morpholine rings is 1. The van der Waals surface area contributed by atoms with Crippen LogP contribution in [-0.2, 0) is 27.6 Å². The highest BCUT2D eigenvalue weighted by Crippen LogP contribution is 2.24. The molecule has 2 N–H and O–H groups in total. The standard InChI is InChI=1S/C16H24N2O4S/c19-15(12-18-6-8-22-9-7-18)11-17-23(20,21)16-5-4-13-2-1-3-14(13)10-16/h4-5,10,15,17,19H,1-3,6-9,11-12H2. The van der Waals surface area contributed by atoms with Crippen molar-refractivity contribution in [3.8, 4) is 0 Å². The maximum absolute atomic E-state index is 12.4. The highest BCUT2D eigenvalue weighted by atomic mass is 32.2. The van der Waals surface area contributed by atoms with Crippen LogP contribution in [0.2, 0.25) is 0 Å². The third-order valence-electron chi connectivity index (χ3n) is 4.46. The number of hydrogen-bond donors (Lipinski definition) is 2. The Morgan fingerprint density at radius 1 is 1.22 bits per heavy atom. The Labute approximate surface area is 137 Å². The summed E-state index contributed by atoms with van der Waals surface area (Å²) in [6.07, 6.45) is 2.34. The number of nitrogens with one attached hydrogen (secondary N) is 1. The lowest BCUT2D eigenvalue weighted by molar-refractivity contribution is 0.0158. The second-order valence-corrected chi connectivity index (χ2v) is 7.97. The Balaban J connectivity index is 1.55. The molecule has 3 rings (SSSR count). The summed E-state index contributed by atoms with van der Waals surface area (Å²) in [5.41, 5.74) is 2.37. The number of nitrogens with zero attached hydrogens (tertiary/aromatic N) is 1. The van der Waals surface area contributed by atoms with Crippen LogP contribution in [-0.4, -0.2) is 63.9 Å². The van der Waals surface area contributed by atoms with Crippen LogP contribution in [0, 0.1) is 0 Å². The van der Waals surface area contributed by atoms with Crippen molar-refractivity contribution < 1.29 is 18.3 Å². The maximum Gasteiger partial charge on any atom is 0.240 e. The maximum atomic E-state index is 12.4. The smallest absolute Gasteiger partial charge is 0.240 e. The van der Waals surface area contributed by atoms with Crippen molar-refractivity contribution in [3.63, 3.8) is 0 Å². The molecular formula is C16H24N2O4S. The quantitative estimate of drug-likeness (QED) is 0.771. The number of sulfonamides is 1. The van der Waals surface area contributed by atoms with Crippen LogP contribution >= 0.6 is 0 Å². The Bertz CT molecular complexity index is 641. The molecule has 1 aromatic carbocycles. The van der Waals surface area contributed by atoms with E-state index < -0.39 is 16.1 Å². The summed E-state index contributed by atoms with van der Waals surface area (Å²) in [5, 5.41) is 10.1. The van der Waals surface area contributed by atoms with Crippen LogP contribution in [0.1, 0.15) is 17.5 Å². The number of rotatable bonds is 6. The van der Waals surface area contributed by atoms with E-state index in [-0.39, 0.29) is 11.4 Å². The number of β-amino-alcohol motifs (C(OH)–C–C–N with tert-alkyl or cyclic N) is 1. The first kappa shape index (κ1) is 16.9. The molecule has 128 valence electrons. The molecule has 1 aromatic rings. The fourth-order valence-corrected chi connectivity index (χ4v) is 4.27. The van der Waals surface area contributed by atoms with Crippen molar-refractivity contribution in [2.45, 2.75) is 30.3 Å². The number of aliphatic hydroxyl groups is 1. The summed E-state index contributed by atoms with van der Waals surface area (Å²) in [6.45, 7) is 3.34. The highest BCUT2D eigenvalue weighted by Gasteiger charge is 2.20. The minimum Gasteiger partial charge on any atom is -0.390 e. The van der Waals surface area contributed by atoms with Gasteiger partial charge in [-0.2, -0.15) is 0 Å². The van der Waals surface area contributed by atoms with E-state index in [0.29, 0.717) is 19.8 Å². The zero-order chi connectivity index (χ0) is 16.3. The van der Waals surface area contributed by atoms with Gasteiger partial charge in [0.1, 0.15) is 0 Å². The van der Waals surface area contributed by atoms with Gasteiger partial charge in [-0.05, 0) is 42.5 Å². The number of benzene rings is 1. The predicted octanol–water partition coefficient (Wildman–Crippen LogP) is 0.147. The van der Waals surface area contributed by atoms with Gasteiger partial charge in [-0.25, -0.2) is 13.1 Å². The Hall–Kier alpha value is -0.990. The van der Waals surface area contributed by atoms with Gasteiger partial charge in [0.25, 0.3) is 0 Å². The van der Waals surface area contributed by atoms with E-state index in [1.807, 2.05) is 6.07 Å². The van der Waals surface area contributed by atoms with E-state index in [9.17, 15) is 13.5 Å². The van der Waals surface area contributed by atoms with E-state index >= 15 is 0 Å². The molecule has 6 nitrogen and oxygen atoms in total. The molecule has 23 heavy (non-hydrogen) atoms. The average molecular weight is 340 g/mol. The lowest BCUT2D eigenvalue weighted by Gasteiger charge is -2.28. The third kappa shape index (κ3) is 4.30. The van der Waals surface area contributed by atoms with E-state index in [2.05, 4.69) is 9.62 Å². The van der Waals surface area contributed by atoms with E-state index in [0.717, 1.165) is 37.9 Å². The minimum absolute atomic E-state index is 0.0246. The van der Waals surface area contributed by atoms with E-state index in [1.54, 1.807) is 12.1 Å². The van der Waals surface area contributed by atoms with Crippen molar-refractivity contribution in [2.24, 2.45) is 0 Å². The van der Waals surface area contributed by atoms with Gasteiger partial charge in [-0.1, -0.05) is 6.07 Å². The summed E-state index contributed by atoms with van der Waals surface area (Å²) in [5.74, 6) is 0. The molecule has 0 aromatic heterocycles. The Kier molecular flexibility index (Phi) is 5.33. The van der Waals surface area contributed by atoms with Gasteiger partial charge in [0, 0.05) is 26.2 Å². The molecule has 1 saturated heterocycles. The molecule has 1 aliphatic carbocycles. The average Bonchev–Trinajstić information content (AvgIpc) is 3.02. The van der Waals surface area contributed by atoms with Crippen molar-refractivity contribution >= 4 is 10.0 Å². The molecule has 1 aliphatic heterocycles. The predicted molar refractivity (Wildman–Crippen MR) is 86.9 cm³/mol. The zero-order valence-corrected chi connectivity index (χ0v) is 14.0. The molecule has 1 fully saturated rings. The fourth-order valence-electron chi connectivity index (χ4n) is 3.15. The van der Waals surface area contributed by atoms with Crippen molar-refractivity contribution in [2.75, 3.05) is 39.4 Å². The van der Waals surface area contributed by atoms with Crippen LogP contribution in [0.3, 0.4) is 0 Å². The van der Waals surface area contributed by atoms with Crippen LogP contribution < -0.4 is 4.72 Å². The first-order valence-corrected chi connectivity index (χ1v) is 9.62. The monoisotopic (exact) mass is 340 g/mol. The Morgan fingerprint density at radius 3 is 2.74 bits per heavy atom. The Morgan fingerprint density at radius 2 is 1.96 bits per heavy atom. The number of ether oxygens (including phenoxy) is 1. The van der Waals surface area contributed by atoms with Crippen LogP contribution in [0.4, 0.5) is 0 Å². The van der Waals surface area contributed by atoms with Crippen molar-refractivity contribution in [1.82, 2.24) is 9.62 Å². The third-order valence-corrected chi connectivity index (χ3v) is 5.88. The number of fused-ring (bicyclic) bond motifs is 1. The summed E-state index contributed by atoms with van der Waals surface area (Å²) in [4.78, 5) is 2.37. The summed E-state index contributed by atoms with van der Waals surface area (Å²) in [7, 11) is -3.57. The largest absolute Gasteiger partial charge is 0.390 e. The molecule has 0 bridgehead atoms. The van der Waals surface area contributed by atoms with Gasteiger partial charge in [-0.15, -0.1) is 0 Å². The number of hydrogen-bond acceptors (Lipinski definition) is 5. The molecule has 1 unspecified atom stereocenters. The highest BCUT2D eigenvalue weighted by molar-refractivity contribution is 7.89. The van der Waals surface area contributed by atoms with Crippen LogP contribution in [0.5, 0.6) is 0 Å². The number of aliphatic hydroxyl groups excluding tert-OH is 1. The molecule has 0 saturated carbocycles. The molecule has 0 spiro atoms. The van der Waals surface area contributed by atoms with Gasteiger partial charge in [0.2, 0.25) is 10.0 Å². The van der Waals surface area contributed by atoms with E-state index in [1.165, 1.54) is 5.56 Å². The van der Waals surface area contributed by atoms with Gasteiger partial charge in [0.15, 0.2) is 0 Å². The number of aryl methyl sites for hydroxylation is 2. The van der Waals surface area contributed by atoms with E-state index in [4.69, 9.17) is 4.74 Å². The van der Waals surface area contributed by atoms with Gasteiger partial charge >= 0.3 is 0 Å². The SMILES string of the molecule is O=S(=O)(NCC(O)CN1CCOCC1)c1ccc2c(c1)CCC2. The normalized spacial score (nSPS) is 20.4. The topological polar surface area (TPSA) is 78.9 Å². The molecule has 0 radical (unpaired) electrons. The molecule has 7 heteroatoms. The van der Waals surface area contributed by atoms with Crippen LogP contribution in [0.15, 0.2) is 23.1 Å². The fraction of sp³-hybridized carbons (Fsp3) is 0.625. The summed E-state index contributed by atoms with van der Waals surface area (Å²) in [6, 6.07) is 5.32. The lowest BCUT2D eigenvalue weighted by Crippen LogP contribution is -2.44. The van der Waals surface area contributed by atoms with Crippen molar-refractivity contribution in [1.29, 1.82) is 0 Å². The molecule has 1 atom stereocenters. The minimum atomic E-state index is -3.57. The summed E-state index contributed by atoms with van der Waals surface area (Å²) >= 11 is 0. The second kappa shape index (κ2) is 7.27. The van der Waals surface area contributed by atoms with Gasteiger partial charge < -0.3 is 9.84 Å².